The van der Waals surface area contributed by atoms with Crippen molar-refractivity contribution < 1.29 is 176 Å². The molecule has 0 aliphatic rings. The average Bonchev–Trinajstić information content (AvgIpc) is 0.825. The van der Waals surface area contributed by atoms with Crippen molar-refractivity contribution >= 4 is 173 Å². The molecule has 0 aliphatic carbocycles. The Bertz CT molecular complexity index is 5160. The highest BCUT2D eigenvalue weighted by Gasteiger charge is 2.41. The van der Waals surface area contributed by atoms with Crippen molar-refractivity contribution in [1.82, 2.24) is 101 Å². The molecule has 22 amide bonds. The molecule has 0 saturated heterocycles. The van der Waals surface area contributed by atoms with Crippen LogP contribution in [0.5, 0.6) is 17.2 Å². The number of nitrogens with two attached hydrogens (primary N) is 4. The largest absolute Gasteiger partial charge is 0.508 e. The second kappa shape index (κ2) is 62.0. The molecule has 20 atom stereocenters. The van der Waals surface area contributed by atoms with Crippen molar-refractivity contribution in [2.45, 2.75) is 220 Å². The van der Waals surface area contributed by atoms with Gasteiger partial charge in [0.25, 0.3) is 0 Å². The lowest BCUT2D eigenvalue weighted by Gasteiger charge is -2.28. The molecule has 0 spiro atoms. The molecule has 0 saturated carbocycles. The van der Waals surface area contributed by atoms with Crippen LogP contribution < -0.4 is 124 Å². The Morgan fingerprint density at radius 2 is 0.555 bits per heavy atom. The van der Waals surface area contributed by atoms with Crippen LogP contribution in [0.1, 0.15) is 96.3 Å². The van der Waals surface area contributed by atoms with Crippen molar-refractivity contribution in [2.24, 2.45) is 22.9 Å². The van der Waals surface area contributed by atoms with Crippen LogP contribution in [0.15, 0.2) is 72.8 Å². The summed E-state index contributed by atoms with van der Waals surface area (Å²) in [6.07, 6.45) is -10.6. The first-order chi connectivity index (χ1) is 68.4. The molecular weight excluding hydrogens is 1980 g/mol. The van der Waals surface area contributed by atoms with E-state index >= 15 is 0 Å². The van der Waals surface area contributed by atoms with Gasteiger partial charge in [0.1, 0.15) is 127 Å². The molecule has 3 aromatic carbocycles. The summed E-state index contributed by atoms with van der Waals surface area (Å²) in [5, 5.41) is 152. The molecule has 38 N–H and O–H groups in total. The normalized spacial score (nSPS) is 15.0. The highest BCUT2D eigenvalue weighted by molar-refractivity contribution is 7.80. The molecule has 3 aromatic rings. The predicted octanol–water partition coefficient (Wildman–Crippen LogP) is -16.3. The zero-order valence-corrected chi connectivity index (χ0v) is 80.6. The van der Waals surface area contributed by atoms with Gasteiger partial charge in [-0.25, -0.2) is 0 Å². The number of phenols is 3. The summed E-state index contributed by atoms with van der Waals surface area (Å²) in [5.74, 6) is -33.9. The fraction of sp³-hybridized carbons (Fsp3) is 0.494. The number of carboxylic acid groups (broad SMARTS) is 3. The van der Waals surface area contributed by atoms with Gasteiger partial charge in [-0.15, -0.1) is 0 Å². The smallest absolute Gasteiger partial charge is 0.322 e. The van der Waals surface area contributed by atoms with Crippen LogP contribution in [0.25, 0.3) is 0 Å². The van der Waals surface area contributed by atoms with E-state index in [9.17, 15) is 166 Å². The Labute approximate surface area is 840 Å². The first kappa shape index (κ1) is 124. The van der Waals surface area contributed by atoms with Crippen LogP contribution >= 0.6 is 25.3 Å². The summed E-state index contributed by atoms with van der Waals surface area (Å²) >= 11 is 8.23. The topological polar surface area (TPSA) is 982 Å². The van der Waals surface area contributed by atoms with E-state index in [1.54, 1.807) is 0 Å². The minimum atomic E-state index is -2.16. The Morgan fingerprint density at radius 1 is 0.281 bits per heavy atom. The number of carboxylic acids is 3. The number of rotatable bonds is 64. The number of thiol groups is 2. The number of amides is 22. The van der Waals surface area contributed by atoms with Crippen LogP contribution in [0, 0.1) is 0 Å². The summed E-state index contributed by atoms with van der Waals surface area (Å²) in [5.41, 5.74) is 22.1. The number of aromatic hydroxyl groups is 3. The van der Waals surface area contributed by atoms with E-state index in [2.05, 4.69) is 99.7 Å². The van der Waals surface area contributed by atoms with Crippen LogP contribution in [0.4, 0.5) is 0 Å². The van der Waals surface area contributed by atoms with Crippen molar-refractivity contribution in [2.75, 3.05) is 44.4 Å². The van der Waals surface area contributed by atoms with E-state index in [0.717, 1.165) is 46.8 Å². The number of aliphatic hydroxyl groups excluding tert-OH is 5. The zero-order chi connectivity index (χ0) is 110. The molecule has 0 radical (unpaired) electrons. The molecule has 61 heteroatoms. The Hall–Kier alpha value is -15.7. The second-order valence-electron chi connectivity index (χ2n) is 32.8. The van der Waals surface area contributed by atoms with Gasteiger partial charge >= 0.3 is 17.9 Å². The lowest BCUT2D eigenvalue weighted by molar-refractivity contribution is -0.141. The van der Waals surface area contributed by atoms with E-state index in [4.69, 9.17) is 33.1 Å². The summed E-state index contributed by atoms with van der Waals surface area (Å²) in [6, 6.07) is -18.4. The number of aliphatic carboxylic acids is 3. The number of carbonyl (C=O) groups excluding carboxylic acids is 22. The number of hydrogen-bond donors (Lipinski definition) is 36. The highest BCUT2D eigenvalue weighted by atomic mass is 32.1. The third-order valence-corrected chi connectivity index (χ3v) is 21.5. The molecule has 0 unspecified atom stereocenters. The summed E-state index contributed by atoms with van der Waals surface area (Å²) in [7, 11) is 0. The monoisotopic (exact) mass is 2100 g/mol. The number of hydrogen-bond acceptors (Lipinski definition) is 36. The minimum absolute atomic E-state index is 0.179. The van der Waals surface area contributed by atoms with Crippen molar-refractivity contribution in [3.05, 3.63) is 89.5 Å². The maximum atomic E-state index is 14.8. The summed E-state index contributed by atoms with van der Waals surface area (Å²) in [4.78, 5) is 330. The number of carbonyl (C=O) groups is 25. The fourth-order valence-corrected chi connectivity index (χ4v) is 13.2. The quantitative estimate of drug-likeness (QED) is 0.0233. The van der Waals surface area contributed by atoms with E-state index < -0.39 is 365 Å². The third-order valence-electron chi connectivity index (χ3n) is 20.7. The molecule has 0 heterocycles. The molecule has 804 valence electrons. The van der Waals surface area contributed by atoms with Crippen LogP contribution in [0.2, 0.25) is 0 Å². The fourth-order valence-electron chi connectivity index (χ4n) is 12.7. The van der Waals surface area contributed by atoms with Crippen molar-refractivity contribution in [1.29, 1.82) is 0 Å². The highest BCUT2D eigenvalue weighted by Crippen LogP contribution is 2.18. The molecule has 146 heavy (non-hydrogen) atoms. The van der Waals surface area contributed by atoms with E-state index in [-0.39, 0.29) is 46.1 Å². The first-order valence-electron chi connectivity index (χ1n) is 44.2. The van der Waals surface area contributed by atoms with Crippen LogP contribution in [-0.4, -0.2) is 369 Å². The first-order valence-corrected chi connectivity index (χ1v) is 45.4. The lowest BCUT2D eigenvalue weighted by atomic mass is 10.0. The Balaban J connectivity index is 1.87. The number of nitrogens with one attached hydrogen (secondary N) is 19. The molecule has 0 fully saturated rings. The van der Waals surface area contributed by atoms with Gasteiger partial charge in [0.15, 0.2) is 0 Å². The Morgan fingerprint density at radius 3 is 0.938 bits per heavy atom. The third kappa shape index (κ3) is 44.4. The van der Waals surface area contributed by atoms with Crippen LogP contribution in [0.3, 0.4) is 0 Å². The predicted molar refractivity (Wildman–Crippen MR) is 504 cm³/mol. The van der Waals surface area contributed by atoms with Gasteiger partial charge in [0.05, 0.1) is 63.9 Å². The van der Waals surface area contributed by atoms with Gasteiger partial charge < -0.3 is 180 Å². The second-order valence-corrected chi connectivity index (χ2v) is 33.5. The molecule has 0 bridgehead atoms. The number of primary amides is 3. The maximum absolute atomic E-state index is 14.8. The zero-order valence-electron chi connectivity index (χ0n) is 78.8. The van der Waals surface area contributed by atoms with E-state index in [1.807, 2.05) is 26.6 Å². The van der Waals surface area contributed by atoms with Crippen LogP contribution in [-0.2, 0) is 139 Å². The van der Waals surface area contributed by atoms with Crippen molar-refractivity contribution in [3.63, 3.8) is 0 Å². The number of phenolic OH excluding ortho intramolecular Hbond substituents is 3. The van der Waals surface area contributed by atoms with E-state index in [1.165, 1.54) is 60.7 Å². The standard InChI is InChI=1S/C85H121N23O36S2/c1-35(93-75(134)53(27-64(123)124)97-69(128)36(2)94-82(141)57(33-145)105-71(130)46(86)18-21-63(121)122)68(127)92-37(3)70(129)107-66(38(4)112)84(143)102-50(24-42-10-16-45(116)17-11-42)76(135)98-49(23-41-8-14-44(115)15-9-41)77(136)106-58(34-146)83(142)96-47(19-20-59(87)117)74(133)103-56(32-111)81(140)108-67(39(5)113)85(144)101-48(22-40-6-12-43(114)13-7-40)72(131)90-28-62(120)95-54(30-109)79(138)100-52(26-61(89)119)78(137)104-55(31-110)80(139)99-51(25-60(88)118)73(132)91-29-65(125)126/h6-17,35-39,46-58,66-67,109-116,145-146H,18-34,86H2,1-5H3,(H2,87,117)(H2,88,118)(H2,89,119)(H,90,131)(H,91,132)(H,92,127)(H,93,134)(H,94,141)(H,95,120)(H,96,142)(H,97,128)(H,98,135)(H,99,139)(H,100,138)(H,101,144)(H,102,143)(H,103,133)(H,104,137)(H,105,130)(H,106,136)(H,107,129)(H,108,140)(H,121,122)(H,123,124)(H,125,126)/t35-,36-,37-,38+,39+,46-,47-,48-,49-,50-,51-,52-,53-,54-,55-,56-,57-,58-,66-,67-/m0/s1. The summed E-state index contributed by atoms with van der Waals surface area (Å²) < 4.78 is 0. The number of benzene rings is 3. The SMILES string of the molecule is C[C@H](NC(=O)[C@H](C)NC(=O)[C@H](CC(=O)O)NC(=O)[C@H](C)NC(=O)[C@H](CS)NC(=O)[C@@H](N)CCC(=O)O)C(=O)N[C@H](C(=O)N[C@@H](Cc1ccc(O)cc1)C(=O)N[C@@H](Cc1ccc(O)cc1)C(=O)N[C@@H](CS)C(=O)N[C@@H](CCC(N)=O)C(=O)N[C@@H](CO)C(=O)N[C@H](C(=O)N[C@@H](Cc1ccc(O)cc1)C(=O)NCC(=O)N[C@@H](CO)C(=O)N[C@@H](CC(N)=O)C(=O)N[C@@H](CO)C(=O)N[C@@H](CC(N)=O)C(=O)NCC(=O)O)[C@@H](C)O)[C@@H](C)O. The molecule has 59 nitrogen and oxygen atoms in total. The van der Waals surface area contributed by atoms with Gasteiger partial charge in [0.2, 0.25) is 130 Å². The molecule has 0 aliphatic heterocycles. The van der Waals surface area contributed by atoms with E-state index in [0.29, 0.717) is 0 Å². The molecular formula is C85H121N23O36S2. The van der Waals surface area contributed by atoms with Gasteiger partial charge in [-0.05, 0) is 101 Å². The Kier molecular flexibility index (Phi) is 52.8. The minimum Gasteiger partial charge on any atom is -0.508 e. The number of aliphatic hydroxyl groups is 5. The van der Waals surface area contributed by atoms with Gasteiger partial charge in [0, 0.05) is 43.6 Å². The maximum Gasteiger partial charge on any atom is 0.322 e. The molecule has 3 rings (SSSR count). The van der Waals surface area contributed by atoms with Crippen molar-refractivity contribution in [3.8, 4) is 17.2 Å². The summed E-state index contributed by atoms with van der Waals surface area (Å²) in [6.45, 7) is -0.780. The van der Waals surface area contributed by atoms with Gasteiger partial charge in [-0.1, -0.05) is 36.4 Å². The lowest BCUT2D eigenvalue weighted by Crippen LogP contribution is -2.63. The van der Waals surface area contributed by atoms with Gasteiger partial charge in [-0.2, -0.15) is 25.3 Å². The van der Waals surface area contributed by atoms with Gasteiger partial charge in [-0.3, -0.25) is 120 Å². The average molecular weight is 2110 g/mol. The molecule has 0 aromatic heterocycles.